The van der Waals surface area contributed by atoms with Gasteiger partial charge in [0.1, 0.15) is 0 Å². The third kappa shape index (κ3) is 3.66. The van der Waals surface area contributed by atoms with Crippen LogP contribution in [0.2, 0.25) is 5.02 Å². The minimum absolute atomic E-state index is 0.0553. The number of aromatic nitrogens is 3. The van der Waals surface area contributed by atoms with Gasteiger partial charge in [-0.3, -0.25) is 14.9 Å². The first-order valence-corrected chi connectivity index (χ1v) is 9.65. The number of rotatable bonds is 5. The lowest BCUT2D eigenvalue weighted by atomic mass is 10.2. The normalized spacial score (nSPS) is 17.8. The highest BCUT2D eigenvalue weighted by Gasteiger charge is 2.25. The van der Waals surface area contributed by atoms with Gasteiger partial charge in [0.25, 0.3) is 5.91 Å². The van der Waals surface area contributed by atoms with Gasteiger partial charge in [0.15, 0.2) is 11.5 Å². The van der Waals surface area contributed by atoms with E-state index in [-0.39, 0.29) is 18.2 Å². The predicted molar refractivity (Wildman–Crippen MR) is 110 cm³/mol. The smallest absolute Gasteiger partial charge is 0.254 e. The van der Waals surface area contributed by atoms with E-state index in [9.17, 15) is 9.59 Å². The van der Waals surface area contributed by atoms with E-state index in [1.54, 1.807) is 22.9 Å². The fraction of sp³-hybridized carbons (Fsp3) is 0.200. The highest BCUT2D eigenvalue weighted by Crippen LogP contribution is 2.30. The summed E-state index contributed by atoms with van der Waals surface area (Å²) < 4.78 is 1.67. The first-order valence-electron chi connectivity index (χ1n) is 9.28. The Hall–Kier alpha value is -3.39. The van der Waals surface area contributed by atoms with E-state index in [1.807, 2.05) is 24.3 Å². The molecule has 2 fully saturated rings. The van der Waals surface area contributed by atoms with Crippen molar-refractivity contribution in [3.63, 3.8) is 0 Å². The van der Waals surface area contributed by atoms with Crippen LogP contribution in [0.3, 0.4) is 0 Å². The molecule has 5 rings (SSSR count). The molecule has 3 aromatic rings. The average Bonchev–Trinajstić information content (AvgIpc) is 3.31. The van der Waals surface area contributed by atoms with Gasteiger partial charge in [0, 0.05) is 28.4 Å². The van der Waals surface area contributed by atoms with Gasteiger partial charge in [-0.15, -0.1) is 5.10 Å². The zero-order valence-corrected chi connectivity index (χ0v) is 16.0. The van der Waals surface area contributed by atoms with Crippen LogP contribution in [0.5, 0.6) is 0 Å². The molecule has 3 N–H and O–H groups in total. The van der Waals surface area contributed by atoms with Gasteiger partial charge in [0.2, 0.25) is 5.91 Å². The third-order valence-electron chi connectivity index (χ3n) is 4.75. The molecule has 29 heavy (non-hydrogen) atoms. The second-order valence-corrected chi connectivity index (χ2v) is 7.58. The molecule has 2 amide bonds. The van der Waals surface area contributed by atoms with Crippen LogP contribution in [-0.2, 0) is 9.59 Å². The van der Waals surface area contributed by atoms with E-state index in [0.29, 0.717) is 33.8 Å². The molecule has 2 aliphatic rings. The van der Waals surface area contributed by atoms with Gasteiger partial charge >= 0.3 is 0 Å². The Balaban J connectivity index is 1.57. The molecule has 0 spiro atoms. The van der Waals surface area contributed by atoms with Gasteiger partial charge in [-0.1, -0.05) is 17.7 Å². The summed E-state index contributed by atoms with van der Waals surface area (Å²) in [4.78, 5) is 27.9. The SMILES string of the molecule is O=C1C/C(=C\c2cnc3c(NC4CC4)cc(Nc4cccc(Cl)c4)nn23)C(=O)N1. The number of nitrogens with zero attached hydrogens (tertiary/aromatic N) is 3. The second kappa shape index (κ2) is 6.89. The van der Waals surface area contributed by atoms with Crippen LogP contribution >= 0.6 is 11.6 Å². The topological polar surface area (TPSA) is 100 Å². The zero-order valence-electron chi connectivity index (χ0n) is 15.3. The van der Waals surface area contributed by atoms with Crippen molar-refractivity contribution in [1.29, 1.82) is 0 Å². The molecular formula is C20H17ClN6O2. The summed E-state index contributed by atoms with van der Waals surface area (Å²) in [5, 5.41) is 14.3. The Bertz CT molecular complexity index is 1180. The fourth-order valence-corrected chi connectivity index (χ4v) is 3.40. The van der Waals surface area contributed by atoms with Gasteiger partial charge < -0.3 is 10.6 Å². The van der Waals surface area contributed by atoms with E-state index in [2.05, 4.69) is 26.0 Å². The van der Waals surface area contributed by atoms with E-state index in [0.717, 1.165) is 24.2 Å². The minimum Gasteiger partial charge on any atom is -0.379 e. The van der Waals surface area contributed by atoms with Crippen molar-refractivity contribution in [1.82, 2.24) is 19.9 Å². The number of fused-ring (bicyclic) bond motifs is 1. The molecule has 2 aromatic heterocycles. The number of imidazole rings is 1. The number of anilines is 3. The van der Waals surface area contributed by atoms with Crippen molar-refractivity contribution in [2.24, 2.45) is 0 Å². The molecule has 1 saturated heterocycles. The maximum atomic E-state index is 11.9. The number of amides is 2. The van der Waals surface area contributed by atoms with Crippen LogP contribution in [0, 0.1) is 0 Å². The number of nitrogens with one attached hydrogen (secondary N) is 3. The zero-order chi connectivity index (χ0) is 20.0. The van der Waals surface area contributed by atoms with E-state index in [1.165, 1.54) is 0 Å². The fourth-order valence-electron chi connectivity index (χ4n) is 3.21. The van der Waals surface area contributed by atoms with E-state index in [4.69, 9.17) is 11.6 Å². The van der Waals surface area contributed by atoms with Crippen LogP contribution in [0.4, 0.5) is 17.2 Å². The number of halogens is 1. The summed E-state index contributed by atoms with van der Waals surface area (Å²) in [5.41, 5.74) is 3.33. The molecule has 0 radical (unpaired) electrons. The first kappa shape index (κ1) is 17.7. The van der Waals surface area contributed by atoms with Crippen molar-refractivity contribution >= 4 is 52.3 Å². The molecule has 1 aliphatic heterocycles. The number of carbonyl (C=O) groups excluding carboxylic acids is 2. The Morgan fingerprint density at radius 1 is 1.24 bits per heavy atom. The van der Waals surface area contributed by atoms with Gasteiger partial charge in [0.05, 0.1) is 24.0 Å². The molecule has 9 heteroatoms. The van der Waals surface area contributed by atoms with Gasteiger partial charge in [-0.25, -0.2) is 9.50 Å². The second-order valence-electron chi connectivity index (χ2n) is 7.14. The number of carbonyl (C=O) groups is 2. The Morgan fingerprint density at radius 3 is 2.83 bits per heavy atom. The standard InChI is InChI=1S/C20H17ClN6O2/c21-12-2-1-3-14(8-12)24-17-9-16(23-13-4-5-13)19-22-10-15(27(19)26-17)6-11-7-18(28)25-20(11)29/h1-3,6,8-10,13,23H,4-5,7H2,(H,24,26)(H,25,28,29)/b11-6+. The molecule has 0 bridgehead atoms. The highest BCUT2D eigenvalue weighted by atomic mass is 35.5. The van der Waals surface area contributed by atoms with Crippen LogP contribution in [0.25, 0.3) is 11.7 Å². The number of benzene rings is 1. The Morgan fingerprint density at radius 2 is 2.10 bits per heavy atom. The largest absolute Gasteiger partial charge is 0.379 e. The average molecular weight is 409 g/mol. The molecule has 1 saturated carbocycles. The maximum Gasteiger partial charge on any atom is 0.254 e. The molecule has 1 aliphatic carbocycles. The summed E-state index contributed by atoms with van der Waals surface area (Å²) in [5.74, 6) is -0.0792. The Kier molecular flexibility index (Phi) is 4.21. The quantitative estimate of drug-likeness (QED) is 0.443. The molecule has 8 nitrogen and oxygen atoms in total. The predicted octanol–water partition coefficient (Wildman–Crippen LogP) is 3.13. The lowest BCUT2D eigenvalue weighted by molar-refractivity contribution is -0.124. The van der Waals surface area contributed by atoms with Crippen molar-refractivity contribution in [2.75, 3.05) is 10.6 Å². The summed E-state index contributed by atoms with van der Waals surface area (Å²) in [7, 11) is 0. The molecule has 0 unspecified atom stereocenters. The van der Waals surface area contributed by atoms with Gasteiger partial charge in [-0.05, 0) is 37.1 Å². The summed E-state index contributed by atoms with van der Waals surface area (Å²) in [6.07, 6.45) is 5.58. The Labute approximate surface area is 171 Å². The molecule has 3 heterocycles. The first-order chi connectivity index (χ1) is 14.0. The molecular weight excluding hydrogens is 392 g/mol. The van der Waals surface area contributed by atoms with Crippen molar-refractivity contribution in [3.8, 4) is 0 Å². The lowest BCUT2D eigenvalue weighted by Crippen LogP contribution is -2.19. The van der Waals surface area contributed by atoms with Crippen LogP contribution < -0.4 is 16.0 Å². The monoisotopic (exact) mass is 408 g/mol. The molecule has 1 aromatic carbocycles. The summed E-state index contributed by atoms with van der Waals surface area (Å²) in [6, 6.07) is 9.71. The maximum absolute atomic E-state index is 11.9. The van der Waals surface area contributed by atoms with Crippen molar-refractivity contribution in [2.45, 2.75) is 25.3 Å². The lowest BCUT2D eigenvalue weighted by Gasteiger charge is -2.11. The number of imide groups is 1. The molecule has 0 atom stereocenters. The van der Waals surface area contributed by atoms with Crippen LogP contribution in [-0.4, -0.2) is 32.5 Å². The highest BCUT2D eigenvalue weighted by molar-refractivity contribution is 6.30. The van der Waals surface area contributed by atoms with E-state index < -0.39 is 0 Å². The number of hydrogen-bond acceptors (Lipinski definition) is 6. The molecule has 146 valence electrons. The van der Waals surface area contributed by atoms with E-state index >= 15 is 0 Å². The third-order valence-corrected chi connectivity index (χ3v) is 4.98. The summed E-state index contributed by atoms with van der Waals surface area (Å²) in [6.45, 7) is 0. The van der Waals surface area contributed by atoms with Crippen molar-refractivity contribution < 1.29 is 9.59 Å². The van der Waals surface area contributed by atoms with Crippen molar-refractivity contribution in [3.05, 3.63) is 52.8 Å². The van der Waals surface area contributed by atoms with Crippen LogP contribution in [0.15, 0.2) is 42.1 Å². The number of hydrogen-bond donors (Lipinski definition) is 3. The summed E-state index contributed by atoms with van der Waals surface area (Å²) >= 11 is 6.08. The minimum atomic E-state index is -0.380. The van der Waals surface area contributed by atoms with Crippen LogP contribution in [0.1, 0.15) is 25.0 Å². The van der Waals surface area contributed by atoms with Gasteiger partial charge in [-0.2, -0.15) is 0 Å².